The van der Waals surface area contributed by atoms with E-state index < -0.39 is 0 Å². The molecule has 0 aliphatic carbocycles. The first-order chi connectivity index (χ1) is 10.6. The first kappa shape index (κ1) is 15.7. The Morgan fingerprint density at radius 1 is 1.27 bits per heavy atom. The van der Waals surface area contributed by atoms with Gasteiger partial charge in [-0.25, -0.2) is 4.98 Å². The van der Waals surface area contributed by atoms with Gasteiger partial charge in [0.05, 0.1) is 0 Å². The van der Waals surface area contributed by atoms with E-state index in [0.717, 1.165) is 40.6 Å². The second-order valence-corrected chi connectivity index (χ2v) is 4.91. The van der Waals surface area contributed by atoms with Crippen LogP contribution in [0.5, 0.6) is 0 Å². The van der Waals surface area contributed by atoms with Crippen molar-refractivity contribution in [3.8, 4) is 0 Å². The number of rotatable bonds is 6. The van der Waals surface area contributed by atoms with Gasteiger partial charge in [-0.05, 0) is 37.1 Å². The fourth-order valence-electron chi connectivity index (χ4n) is 2.33. The minimum Gasteiger partial charge on any atom is -0.370 e. The number of hydrogen-bond acceptors (Lipinski definition) is 4. The number of aromatic nitrogens is 4. The highest BCUT2D eigenvalue weighted by molar-refractivity contribution is 5.98. The van der Waals surface area contributed by atoms with E-state index in [1.165, 1.54) is 0 Å². The SMILES string of the molecule is C=C/C(=C(\C=C)c1nncn1C)c1cc(C)nc(NCC)c1. The molecule has 0 unspecified atom stereocenters. The summed E-state index contributed by atoms with van der Waals surface area (Å²) in [5.74, 6) is 1.60. The third-order valence-corrected chi connectivity index (χ3v) is 3.27. The third kappa shape index (κ3) is 3.14. The molecule has 2 rings (SSSR count). The molecule has 2 heterocycles. The van der Waals surface area contributed by atoms with Crippen molar-refractivity contribution in [2.45, 2.75) is 13.8 Å². The van der Waals surface area contributed by atoms with Gasteiger partial charge in [-0.1, -0.05) is 25.3 Å². The zero-order valence-corrected chi connectivity index (χ0v) is 13.3. The fraction of sp³-hybridized carbons (Fsp3) is 0.235. The van der Waals surface area contributed by atoms with E-state index in [1.807, 2.05) is 43.7 Å². The molecule has 114 valence electrons. The summed E-state index contributed by atoms with van der Waals surface area (Å²) in [5.41, 5.74) is 3.81. The van der Waals surface area contributed by atoms with Gasteiger partial charge in [0.2, 0.25) is 0 Å². The van der Waals surface area contributed by atoms with Gasteiger partial charge in [-0.3, -0.25) is 0 Å². The normalized spacial score (nSPS) is 11.8. The highest BCUT2D eigenvalue weighted by Crippen LogP contribution is 2.28. The van der Waals surface area contributed by atoms with Gasteiger partial charge >= 0.3 is 0 Å². The topological polar surface area (TPSA) is 55.6 Å². The predicted molar refractivity (Wildman–Crippen MR) is 91.3 cm³/mol. The Morgan fingerprint density at radius 2 is 2.00 bits per heavy atom. The van der Waals surface area contributed by atoms with Crippen molar-refractivity contribution < 1.29 is 0 Å². The van der Waals surface area contributed by atoms with Gasteiger partial charge in [-0.15, -0.1) is 10.2 Å². The van der Waals surface area contributed by atoms with Crippen molar-refractivity contribution in [1.29, 1.82) is 0 Å². The van der Waals surface area contributed by atoms with Crippen LogP contribution in [-0.4, -0.2) is 26.3 Å². The second-order valence-electron chi connectivity index (χ2n) is 4.91. The number of allylic oxidation sites excluding steroid dienone is 4. The predicted octanol–water partition coefficient (Wildman–Crippen LogP) is 3.23. The van der Waals surface area contributed by atoms with Crippen molar-refractivity contribution in [2.75, 3.05) is 11.9 Å². The van der Waals surface area contributed by atoms with Gasteiger partial charge in [0.25, 0.3) is 0 Å². The first-order valence-electron chi connectivity index (χ1n) is 7.17. The average Bonchev–Trinajstić information content (AvgIpc) is 2.90. The summed E-state index contributed by atoms with van der Waals surface area (Å²) in [6.45, 7) is 12.7. The minimum atomic E-state index is 0.754. The van der Waals surface area contributed by atoms with E-state index in [0.29, 0.717) is 0 Å². The number of nitrogens with one attached hydrogen (secondary N) is 1. The van der Waals surface area contributed by atoms with Gasteiger partial charge in [0, 0.05) is 24.9 Å². The second kappa shape index (κ2) is 6.85. The third-order valence-electron chi connectivity index (χ3n) is 3.27. The molecule has 0 saturated heterocycles. The zero-order valence-electron chi connectivity index (χ0n) is 13.3. The summed E-state index contributed by atoms with van der Waals surface area (Å²) in [6.07, 6.45) is 5.27. The molecule has 0 aromatic carbocycles. The minimum absolute atomic E-state index is 0.754. The van der Waals surface area contributed by atoms with E-state index >= 15 is 0 Å². The van der Waals surface area contributed by atoms with Crippen molar-refractivity contribution in [3.63, 3.8) is 0 Å². The lowest BCUT2D eigenvalue weighted by Crippen LogP contribution is -2.02. The molecule has 0 radical (unpaired) electrons. The maximum absolute atomic E-state index is 4.48. The van der Waals surface area contributed by atoms with Crippen LogP contribution >= 0.6 is 0 Å². The van der Waals surface area contributed by atoms with E-state index in [9.17, 15) is 0 Å². The quantitative estimate of drug-likeness (QED) is 0.831. The molecule has 2 aromatic rings. The highest BCUT2D eigenvalue weighted by Gasteiger charge is 2.12. The Balaban J connectivity index is 2.64. The summed E-state index contributed by atoms with van der Waals surface area (Å²) in [5, 5.41) is 11.3. The molecule has 2 aromatic heterocycles. The molecule has 0 fully saturated rings. The Morgan fingerprint density at radius 3 is 2.55 bits per heavy atom. The molecule has 0 amide bonds. The van der Waals surface area contributed by atoms with Gasteiger partial charge in [0.15, 0.2) is 5.82 Å². The zero-order chi connectivity index (χ0) is 16.1. The first-order valence-corrected chi connectivity index (χ1v) is 7.17. The number of pyridine rings is 1. The maximum Gasteiger partial charge on any atom is 0.164 e. The number of nitrogens with zero attached hydrogens (tertiary/aromatic N) is 4. The summed E-state index contributed by atoms with van der Waals surface area (Å²) in [6, 6.07) is 4.03. The molecule has 0 aliphatic rings. The lowest BCUT2D eigenvalue weighted by atomic mass is 9.99. The van der Waals surface area contributed by atoms with E-state index in [2.05, 4.69) is 33.7 Å². The maximum atomic E-state index is 4.48. The van der Waals surface area contributed by atoms with Crippen LogP contribution in [0.1, 0.15) is 24.0 Å². The molecule has 1 N–H and O–H groups in total. The Kier molecular flexibility index (Phi) is 4.88. The smallest absolute Gasteiger partial charge is 0.164 e. The molecule has 5 nitrogen and oxygen atoms in total. The van der Waals surface area contributed by atoms with Crippen LogP contribution in [0.2, 0.25) is 0 Å². The largest absolute Gasteiger partial charge is 0.370 e. The van der Waals surface area contributed by atoms with E-state index in [1.54, 1.807) is 12.4 Å². The number of aryl methyl sites for hydroxylation is 2. The standard InChI is InChI=1S/C17H21N5/c1-6-14(15(7-2)17-21-19-11-22(17)5)13-9-12(4)20-16(10-13)18-8-3/h6-7,9-11H,1-2,8H2,3-5H3,(H,18,20)/b15-14-. The average molecular weight is 295 g/mol. The molecule has 5 heteroatoms. The Hall–Kier alpha value is -2.69. The van der Waals surface area contributed by atoms with Gasteiger partial charge in [-0.2, -0.15) is 0 Å². The van der Waals surface area contributed by atoms with Crippen molar-refractivity contribution in [3.05, 3.63) is 60.9 Å². The fourth-order valence-corrected chi connectivity index (χ4v) is 2.33. The van der Waals surface area contributed by atoms with Crippen LogP contribution in [0, 0.1) is 6.92 Å². The molecule has 22 heavy (non-hydrogen) atoms. The van der Waals surface area contributed by atoms with E-state index in [4.69, 9.17) is 0 Å². The Bertz CT molecular complexity index is 724. The van der Waals surface area contributed by atoms with Crippen LogP contribution in [0.25, 0.3) is 11.1 Å². The monoisotopic (exact) mass is 295 g/mol. The number of hydrogen-bond donors (Lipinski definition) is 1. The van der Waals surface area contributed by atoms with Crippen LogP contribution in [0.3, 0.4) is 0 Å². The molecule has 0 bridgehead atoms. The molecular weight excluding hydrogens is 274 g/mol. The number of anilines is 1. The Labute approximate surface area is 131 Å². The summed E-state index contributed by atoms with van der Waals surface area (Å²) < 4.78 is 1.86. The van der Waals surface area contributed by atoms with Crippen LogP contribution in [0.15, 0.2) is 43.8 Å². The van der Waals surface area contributed by atoms with Crippen LogP contribution in [-0.2, 0) is 7.05 Å². The molecular formula is C17H21N5. The van der Waals surface area contributed by atoms with Crippen LogP contribution < -0.4 is 5.32 Å². The molecule has 0 spiro atoms. The molecule has 0 atom stereocenters. The van der Waals surface area contributed by atoms with Gasteiger partial charge < -0.3 is 9.88 Å². The lowest BCUT2D eigenvalue weighted by molar-refractivity contribution is 0.891. The van der Waals surface area contributed by atoms with Crippen molar-refractivity contribution in [2.24, 2.45) is 7.05 Å². The van der Waals surface area contributed by atoms with Crippen molar-refractivity contribution >= 4 is 17.0 Å². The molecule has 0 saturated carbocycles. The van der Waals surface area contributed by atoms with Crippen molar-refractivity contribution in [1.82, 2.24) is 19.7 Å². The summed E-state index contributed by atoms with van der Waals surface area (Å²) in [7, 11) is 1.90. The van der Waals surface area contributed by atoms with Gasteiger partial charge in [0.1, 0.15) is 12.1 Å². The molecule has 0 aliphatic heterocycles. The summed E-state index contributed by atoms with van der Waals surface area (Å²) >= 11 is 0. The van der Waals surface area contributed by atoms with E-state index in [-0.39, 0.29) is 0 Å². The summed E-state index contributed by atoms with van der Waals surface area (Å²) in [4.78, 5) is 4.48. The van der Waals surface area contributed by atoms with Crippen LogP contribution in [0.4, 0.5) is 5.82 Å². The lowest BCUT2D eigenvalue weighted by Gasteiger charge is -2.12. The highest BCUT2D eigenvalue weighted by atomic mass is 15.2.